The van der Waals surface area contributed by atoms with Crippen molar-refractivity contribution in [3.63, 3.8) is 0 Å². The Morgan fingerprint density at radius 1 is 1.20 bits per heavy atom. The largest absolute Gasteiger partial charge is 0.504 e. The molecule has 5 atom stereocenters. The Kier molecular flexibility index (Phi) is 12.2. The number of aliphatic hydroxyl groups excluding tert-OH is 1. The zero-order chi connectivity index (χ0) is 40.6. The highest BCUT2D eigenvalue weighted by Gasteiger charge is 2.66. The Morgan fingerprint density at radius 2 is 1.91 bits per heavy atom. The van der Waals surface area contributed by atoms with E-state index in [1.807, 2.05) is 0 Å². The van der Waals surface area contributed by atoms with Gasteiger partial charge in [-0.15, -0.1) is 11.3 Å². The molecule has 0 spiro atoms. The van der Waals surface area contributed by atoms with E-state index in [0.717, 1.165) is 34.1 Å². The molecule has 3 amide bonds. The molecule has 8 N–H and O–H groups in total. The number of aliphatic carboxylic acids is 2. The van der Waals surface area contributed by atoms with Crippen LogP contribution in [0.3, 0.4) is 0 Å². The minimum absolute atomic E-state index is 0.00170. The Bertz CT molecular complexity index is 1930. The van der Waals surface area contributed by atoms with Gasteiger partial charge < -0.3 is 45.7 Å². The fourth-order valence-electron chi connectivity index (χ4n) is 6.11. The second-order valence-electron chi connectivity index (χ2n) is 13.4. The number of fused-ring (bicyclic) bond motifs is 1. The third-order valence-corrected chi connectivity index (χ3v) is 12.0. The highest BCUT2D eigenvalue weighted by Crippen LogP contribution is 2.53. The van der Waals surface area contributed by atoms with Crippen LogP contribution in [0.25, 0.3) is 0 Å². The summed E-state index contributed by atoms with van der Waals surface area (Å²) in [5.41, 5.74) is 6.33. The van der Waals surface area contributed by atoms with Crippen LogP contribution < -0.4 is 11.2 Å². The van der Waals surface area contributed by atoms with Crippen molar-refractivity contribution in [1.82, 2.24) is 25.2 Å². The van der Waals surface area contributed by atoms with E-state index in [9.17, 15) is 54.3 Å². The SMILES string of the molecule is COCC(CNN1CCN([C@]2(C(=O)O)CN3C(=O)C(CC(=O)/C(=N\OC(C)(C)C(=O)O)c4csc(N)n4)[C@H]3S2)C1=O)CC(=O)C(O)c1ccc(O)c(O)c1Cl. The van der Waals surface area contributed by atoms with Crippen LogP contribution in [0.4, 0.5) is 9.93 Å². The number of carbonyl (C=O) groups excluding carboxylic acids is 4. The van der Waals surface area contributed by atoms with E-state index >= 15 is 0 Å². The first-order valence-corrected chi connectivity index (χ1v) is 18.6. The van der Waals surface area contributed by atoms with Crippen LogP contribution in [0.5, 0.6) is 11.5 Å². The molecular formula is C32H38ClN7O13S2. The Morgan fingerprint density at radius 3 is 2.53 bits per heavy atom. The van der Waals surface area contributed by atoms with Crippen LogP contribution >= 0.6 is 34.7 Å². The lowest BCUT2D eigenvalue weighted by Crippen LogP contribution is -2.60. The highest BCUT2D eigenvalue weighted by molar-refractivity contribution is 8.02. The van der Waals surface area contributed by atoms with Crippen LogP contribution in [0.1, 0.15) is 44.1 Å². The first-order chi connectivity index (χ1) is 25.8. The van der Waals surface area contributed by atoms with Gasteiger partial charge in [-0.2, -0.15) is 0 Å². The van der Waals surface area contributed by atoms with Crippen molar-refractivity contribution in [2.75, 3.05) is 45.6 Å². The van der Waals surface area contributed by atoms with E-state index in [2.05, 4.69) is 15.6 Å². The highest BCUT2D eigenvalue weighted by atomic mass is 35.5. The number of ether oxygens (including phenoxy) is 1. The number of thioether (sulfide) groups is 1. The van der Waals surface area contributed by atoms with E-state index in [0.29, 0.717) is 0 Å². The number of halogens is 1. The van der Waals surface area contributed by atoms with Crippen molar-refractivity contribution in [3.05, 3.63) is 33.8 Å². The first-order valence-electron chi connectivity index (χ1n) is 16.5. The molecule has 55 heavy (non-hydrogen) atoms. The summed E-state index contributed by atoms with van der Waals surface area (Å²) >= 11 is 7.84. The summed E-state index contributed by atoms with van der Waals surface area (Å²) < 4.78 is 5.22. The van der Waals surface area contributed by atoms with Gasteiger partial charge in [-0.25, -0.2) is 24.8 Å². The van der Waals surface area contributed by atoms with Crippen LogP contribution in [0.15, 0.2) is 22.7 Å². The lowest BCUT2D eigenvalue weighted by molar-refractivity contribution is -0.161. The molecule has 23 heteroatoms. The molecule has 1 aromatic heterocycles. The number of aromatic hydroxyl groups is 2. The molecule has 3 saturated heterocycles. The van der Waals surface area contributed by atoms with Gasteiger partial charge in [0, 0.05) is 49.9 Å². The smallest absolute Gasteiger partial charge is 0.350 e. The molecule has 1 aromatic carbocycles. The second kappa shape index (κ2) is 16.2. The van der Waals surface area contributed by atoms with Crippen LogP contribution in [-0.4, -0.2) is 142 Å². The Balaban J connectivity index is 1.24. The number of hydrazine groups is 1. The maximum Gasteiger partial charge on any atom is 0.350 e. The van der Waals surface area contributed by atoms with Gasteiger partial charge in [0.15, 0.2) is 33.9 Å². The van der Waals surface area contributed by atoms with E-state index in [1.54, 1.807) is 0 Å². The maximum absolute atomic E-state index is 13.7. The summed E-state index contributed by atoms with van der Waals surface area (Å²) in [6, 6.07) is 1.55. The van der Waals surface area contributed by atoms with Crippen molar-refractivity contribution < 1.29 is 63.9 Å². The zero-order valence-corrected chi connectivity index (χ0v) is 31.9. The summed E-state index contributed by atoms with van der Waals surface area (Å²) in [7, 11) is 1.39. The monoisotopic (exact) mass is 827 g/mol. The number of carboxylic acid groups (broad SMARTS) is 2. The molecule has 0 radical (unpaired) electrons. The van der Waals surface area contributed by atoms with Crippen LogP contribution in [0.2, 0.25) is 5.02 Å². The number of methoxy groups -OCH3 is 1. The van der Waals surface area contributed by atoms with E-state index in [1.165, 1.54) is 42.3 Å². The number of nitrogens with one attached hydrogen (secondary N) is 1. The number of nitrogens with zero attached hydrogens (tertiary/aromatic N) is 5. The number of phenolic OH excluding ortho intramolecular Hbond substituents is 2. The number of rotatable bonds is 18. The second-order valence-corrected chi connectivity index (χ2v) is 16.1. The molecule has 3 fully saturated rings. The standard InChI is InChI=1S/C32H38ClN7O13S2/c1-31(2,27(47)48)53-37-22(17-12-54-29(34)36-17)19(42)9-16-25(46)38-13-32(28(49)50,55-26(16)38)39-6-7-40(30(39)51)35-10-14(11-52-3)8-20(43)23(44)15-4-5-18(41)24(45)21(15)33/h4-5,12,14,16,23,26,35,41,44-45H,6-11,13H2,1-3H3,(H2,34,36)(H,47,48)(H,49,50)/b37-22-/t14?,16?,23?,26-,32-/m1/s1. The van der Waals surface area contributed by atoms with Crippen LogP contribution in [0, 0.1) is 11.8 Å². The number of Topliss-reactive ketones (excluding diaryl/α,β-unsaturated/α-hetero) is 2. The summed E-state index contributed by atoms with van der Waals surface area (Å²) in [6.07, 6.45) is -2.46. The number of hydrogen-bond donors (Lipinski definition) is 7. The fourth-order valence-corrected chi connectivity index (χ4v) is 8.62. The summed E-state index contributed by atoms with van der Waals surface area (Å²) in [4.78, 5) is 87.6. The Hall–Kier alpha value is -4.74. The van der Waals surface area contributed by atoms with E-state index in [4.69, 9.17) is 26.9 Å². The van der Waals surface area contributed by atoms with Crippen molar-refractivity contribution >= 4 is 81.0 Å². The van der Waals surface area contributed by atoms with Gasteiger partial charge >= 0.3 is 18.0 Å². The third-order valence-electron chi connectivity index (χ3n) is 9.23. The first kappa shape index (κ1) is 41.4. The average molecular weight is 828 g/mol. The maximum atomic E-state index is 13.7. The number of oxime groups is 1. The molecule has 2 aromatic rings. The zero-order valence-electron chi connectivity index (χ0n) is 29.5. The lowest BCUT2D eigenvalue weighted by atomic mass is 9.90. The van der Waals surface area contributed by atoms with Gasteiger partial charge in [0.1, 0.15) is 11.8 Å². The van der Waals surface area contributed by atoms with Gasteiger partial charge in [0.05, 0.1) is 36.0 Å². The number of β-lactam (4-membered cyclic amide) rings is 1. The van der Waals surface area contributed by atoms with Crippen molar-refractivity contribution in [2.24, 2.45) is 17.0 Å². The minimum Gasteiger partial charge on any atom is -0.504 e. The summed E-state index contributed by atoms with van der Waals surface area (Å²) in [5.74, 6) is -7.53. The lowest BCUT2D eigenvalue weighted by Gasteiger charge is -2.40. The molecule has 0 saturated carbocycles. The van der Waals surface area contributed by atoms with Gasteiger partial charge in [0.25, 0.3) is 0 Å². The van der Waals surface area contributed by atoms with Crippen LogP contribution in [-0.2, 0) is 33.5 Å². The normalized spacial score (nSPS) is 22.3. The van der Waals surface area contributed by atoms with Gasteiger partial charge in [-0.1, -0.05) is 34.6 Å². The number of ketones is 2. The number of anilines is 1. The van der Waals surface area contributed by atoms with E-state index < -0.39 is 92.2 Å². The van der Waals surface area contributed by atoms with Gasteiger partial charge in [-0.3, -0.25) is 24.3 Å². The molecule has 3 unspecified atom stereocenters. The van der Waals surface area contributed by atoms with Gasteiger partial charge in [0.2, 0.25) is 16.4 Å². The predicted molar refractivity (Wildman–Crippen MR) is 194 cm³/mol. The number of carbonyl (C=O) groups is 6. The molecule has 0 bridgehead atoms. The number of nitrogen functional groups attached to an aromatic ring is 1. The van der Waals surface area contributed by atoms with E-state index in [-0.39, 0.29) is 61.3 Å². The average Bonchev–Trinajstić information content (AvgIpc) is 3.84. The quantitative estimate of drug-likeness (QED) is 0.0474. The number of thiazole rings is 1. The van der Waals surface area contributed by atoms with Crippen molar-refractivity contribution in [2.45, 2.75) is 48.6 Å². The molecule has 4 heterocycles. The molecule has 298 valence electrons. The van der Waals surface area contributed by atoms with Gasteiger partial charge in [-0.05, 0) is 19.9 Å². The third kappa shape index (κ3) is 8.14. The molecule has 20 nitrogen and oxygen atoms in total. The molecule has 5 rings (SSSR count). The summed E-state index contributed by atoms with van der Waals surface area (Å²) in [6.45, 7) is 2.04. The molecule has 3 aliphatic rings. The van der Waals surface area contributed by atoms with Crippen molar-refractivity contribution in [3.8, 4) is 11.5 Å². The predicted octanol–water partition coefficient (Wildman–Crippen LogP) is 0.843. The fraction of sp³-hybridized carbons (Fsp3) is 0.500. The Labute approximate surface area is 325 Å². The number of aliphatic hydroxyl groups is 1. The number of carboxylic acids is 2. The number of nitrogens with two attached hydrogens (primary N) is 1. The number of benzene rings is 1. The minimum atomic E-state index is -1.92. The number of amides is 3. The number of hydrogen-bond acceptors (Lipinski definition) is 17. The number of urea groups is 1. The topological polar surface area (TPSA) is 295 Å². The van der Waals surface area contributed by atoms with Crippen molar-refractivity contribution in [1.29, 1.82) is 0 Å². The number of phenols is 2. The molecule has 0 aliphatic carbocycles. The molecular weight excluding hydrogens is 790 g/mol. The summed E-state index contributed by atoms with van der Waals surface area (Å²) in [5, 5.41) is 55.3. The molecule has 3 aliphatic heterocycles. The number of aromatic nitrogens is 1.